The summed E-state index contributed by atoms with van der Waals surface area (Å²) in [6, 6.07) is 5.51. The minimum atomic E-state index is -0.338. The van der Waals surface area contributed by atoms with Crippen LogP contribution in [0.1, 0.15) is 31.1 Å². The lowest BCUT2D eigenvalue weighted by Gasteiger charge is -2.20. The van der Waals surface area contributed by atoms with Crippen LogP contribution < -0.4 is 14.8 Å². The lowest BCUT2D eigenvalue weighted by molar-refractivity contribution is 0.0921. The third kappa shape index (κ3) is 3.46. The summed E-state index contributed by atoms with van der Waals surface area (Å²) >= 11 is 0. The topological polar surface area (TPSA) is 89.1 Å². The van der Waals surface area contributed by atoms with Crippen LogP contribution in [0.15, 0.2) is 30.6 Å². The monoisotopic (exact) mass is 354 g/mol. The Balaban J connectivity index is 2.04. The van der Waals surface area contributed by atoms with Gasteiger partial charge in [-0.25, -0.2) is 9.97 Å². The molecule has 0 aliphatic heterocycles. The van der Waals surface area contributed by atoms with Crippen molar-refractivity contribution in [1.29, 1.82) is 0 Å². The lowest BCUT2D eigenvalue weighted by Crippen LogP contribution is -2.40. The van der Waals surface area contributed by atoms with Gasteiger partial charge in [0.25, 0.3) is 5.91 Å². The molecule has 3 rings (SSSR count). The van der Waals surface area contributed by atoms with Crippen LogP contribution in [0.25, 0.3) is 22.4 Å². The fraction of sp³-hybridized carbons (Fsp3) is 0.316. The summed E-state index contributed by atoms with van der Waals surface area (Å²) in [6.07, 6.45) is 3.29. The minimum absolute atomic E-state index is 0.192. The van der Waals surface area contributed by atoms with E-state index in [1.807, 2.05) is 39.0 Å². The van der Waals surface area contributed by atoms with Gasteiger partial charge >= 0.3 is 0 Å². The van der Waals surface area contributed by atoms with Crippen LogP contribution >= 0.6 is 0 Å². The number of nitrogens with one attached hydrogen (secondary N) is 2. The zero-order chi connectivity index (χ0) is 18.9. The van der Waals surface area contributed by atoms with Crippen molar-refractivity contribution in [2.75, 3.05) is 14.2 Å². The number of methoxy groups -OCH3 is 2. The summed E-state index contributed by atoms with van der Waals surface area (Å²) in [5.74, 6) is 1.05. The number of aromatic nitrogens is 3. The molecule has 2 heterocycles. The molecule has 1 amide bonds. The fourth-order valence-electron chi connectivity index (χ4n) is 2.61. The first-order valence-electron chi connectivity index (χ1n) is 8.21. The maximum absolute atomic E-state index is 12.5. The molecule has 26 heavy (non-hydrogen) atoms. The Morgan fingerprint density at radius 3 is 2.54 bits per heavy atom. The zero-order valence-electron chi connectivity index (χ0n) is 15.5. The Morgan fingerprint density at radius 1 is 1.15 bits per heavy atom. The van der Waals surface area contributed by atoms with E-state index in [2.05, 4.69) is 20.3 Å². The summed E-state index contributed by atoms with van der Waals surface area (Å²) in [5.41, 5.74) is 2.68. The molecule has 2 N–H and O–H groups in total. The van der Waals surface area contributed by atoms with Gasteiger partial charge in [0.1, 0.15) is 5.52 Å². The highest BCUT2D eigenvalue weighted by Gasteiger charge is 2.20. The van der Waals surface area contributed by atoms with E-state index < -0.39 is 0 Å². The predicted molar refractivity (Wildman–Crippen MR) is 99.6 cm³/mol. The van der Waals surface area contributed by atoms with E-state index in [9.17, 15) is 4.79 Å². The maximum Gasteiger partial charge on any atom is 0.255 e. The molecule has 2 aromatic heterocycles. The number of rotatable bonds is 4. The summed E-state index contributed by atoms with van der Waals surface area (Å²) < 4.78 is 10.6. The molecule has 0 fully saturated rings. The lowest BCUT2D eigenvalue weighted by atomic mass is 10.1. The normalized spacial score (nSPS) is 11.4. The van der Waals surface area contributed by atoms with Crippen molar-refractivity contribution in [1.82, 2.24) is 20.3 Å². The third-order valence-electron chi connectivity index (χ3n) is 3.79. The van der Waals surface area contributed by atoms with Crippen LogP contribution in [0.5, 0.6) is 11.5 Å². The number of hydrogen-bond donors (Lipinski definition) is 2. The fourth-order valence-corrected chi connectivity index (χ4v) is 2.61. The standard InChI is InChI=1S/C19H22N4O3/c1-19(2,3)23-18(24)12-9-20-17-16(12)22-13(10-21-17)11-6-7-14(25-4)15(8-11)26-5/h6-10H,1-5H3,(H,20,21)(H,23,24). The van der Waals surface area contributed by atoms with Crippen LogP contribution in [0, 0.1) is 0 Å². The first-order chi connectivity index (χ1) is 12.3. The SMILES string of the molecule is COc1ccc(-c2cnc3[nH]cc(C(=O)NC(C)(C)C)c3n2)cc1OC. The van der Waals surface area contributed by atoms with E-state index in [0.29, 0.717) is 33.9 Å². The molecule has 7 nitrogen and oxygen atoms in total. The number of hydrogen-bond acceptors (Lipinski definition) is 5. The van der Waals surface area contributed by atoms with Crippen LogP contribution in [0.4, 0.5) is 0 Å². The Morgan fingerprint density at radius 2 is 1.88 bits per heavy atom. The molecule has 0 radical (unpaired) electrons. The van der Waals surface area contributed by atoms with Gasteiger partial charge in [0, 0.05) is 17.3 Å². The predicted octanol–water partition coefficient (Wildman–Crippen LogP) is 3.17. The van der Waals surface area contributed by atoms with Gasteiger partial charge in [0.15, 0.2) is 17.1 Å². The number of amides is 1. The molecule has 136 valence electrons. The summed E-state index contributed by atoms with van der Waals surface area (Å²) in [6.45, 7) is 5.79. The van der Waals surface area contributed by atoms with E-state index in [1.165, 1.54) is 0 Å². The summed E-state index contributed by atoms with van der Waals surface area (Å²) in [4.78, 5) is 24.5. The number of nitrogens with zero attached hydrogens (tertiary/aromatic N) is 2. The van der Waals surface area contributed by atoms with Gasteiger partial charge in [0.05, 0.1) is 31.7 Å². The third-order valence-corrected chi connectivity index (χ3v) is 3.79. The second-order valence-corrected chi connectivity index (χ2v) is 6.93. The highest BCUT2D eigenvalue weighted by atomic mass is 16.5. The van der Waals surface area contributed by atoms with Crippen molar-refractivity contribution in [2.45, 2.75) is 26.3 Å². The van der Waals surface area contributed by atoms with E-state index >= 15 is 0 Å². The van der Waals surface area contributed by atoms with E-state index in [1.54, 1.807) is 26.6 Å². The Kier molecular flexibility index (Phi) is 4.54. The number of H-pyrrole nitrogens is 1. The van der Waals surface area contributed by atoms with E-state index in [0.717, 1.165) is 5.56 Å². The Bertz CT molecular complexity index is 957. The zero-order valence-corrected chi connectivity index (χ0v) is 15.5. The summed E-state index contributed by atoms with van der Waals surface area (Å²) in [7, 11) is 3.17. The van der Waals surface area contributed by atoms with Gasteiger partial charge in [-0.15, -0.1) is 0 Å². The van der Waals surface area contributed by atoms with Crippen LogP contribution in [-0.2, 0) is 0 Å². The Labute approximate surface area is 151 Å². The quantitative estimate of drug-likeness (QED) is 0.751. The molecule has 0 saturated carbocycles. The second-order valence-electron chi connectivity index (χ2n) is 6.93. The Hall–Kier alpha value is -3.09. The number of carbonyl (C=O) groups excluding carboxylic acids is 1. The van der Waals surface area contributed by atoms with Gasteiger partial charge in [-0.1, -0.05) is 0 Å². The molecule has 0 bridgehead atoms. The van der Waals surface area contributed by atoms with Crippen molar-refractivity contribution in [3.05, 3.63) is 36.2 Å². The van der Waals surface area contributed by atoms with Gasteiger partial charge in [-0.2, -0.15) is 0 Å². The molecule has 3 aromatic rings. The van der Waals surface area contributed by atoms with Crippen LogP contribution in [0.3, 0.4) is 0 Å². The highest BCUT2D eigenvalue weighted by Crippen LogP contribution is 2.32. The van der Waals surface area contributed by atoms with Gasteiger partial charge in [0.2, 0.25) is 0 Å². The van der Waals surface area contributed by atoms with Crippen molar-refractivity contribution < 1.29 is 14.3 Å². The average molecular weight is 354 g/mol. The molecule has 1 aromatic carbocycles. The van der Waals surface area contributed by atoms with Gasteiger partial charge in [-0.05, 0) is 39.0 Å². The minimum Gasteiger partial charge on any atom is -0.493 e. The van der Waals surface area contributed by atoms with Crippen molar-refractivity contribution in [3.8, 4) is 22.8 Å². The van der Waals surface area contributed by atoms with Crippen LogP contribution in [0.2, 0.25) is 0 Å². The van der Waals surface area contributed by atoms with Gasteiger partial charge < -0.3 is 19.8 Å². The van der Waals surface area contributed by atoms with E-state index in [4.69, 9.17) is 9.47 Å². The first-order valence-corrected chi connectivity index (χ1v) is 8.21. The second kappa shape index (κ2) is 6.67. The smallest absolute Gasteiger partial charge is 0.255 e. The first kappa shape index (κ1) is 17.7. The van der Waals surface area contributed by atoms with Crippen molar-refractivity contribution >= 4 is 17.1 Å². The van der Waals surface area contributed by atoms with E-state index in [-0.39, 0.29) is 11.4 Å². The molecule has 0 aliphatic carbocycles. The summed E-state index contributed by atoms with van der Waals surface area (Å²) in [5, 5.41) is 2.94. The van der Waals surface area contributed by atoms with Gasteiger partial charge in [-0.3, -0.25) is 4.79 Å². The average Bonchev–Trinajstić information content (AvgIpc) is 3.02. The molecule has 0 aliphatic rings. The molecule has 0 atom stereocenters. The van der Waals surface area contributed by atoms with Crippen LogP contribution in [-0.4, -0.2) is 40.6 Å². The van der Waals surface area contributed by atoms with Crippen molar-refractivity contribution in [2.24, 2.45) is 0 Å². The molecule has 0 unspecified atom stereocenters. The molecule has 7 heteroatoms. The highest BCUT2D eigenvalue weighted by molar-refractivity contribution is 6.05. The number of carbonyl (C=O) groups is 1. The molecular weight excluding hydrogens is 332 g/mol. The number of fused-ring (bicyclic) bond motifs is 1. The molecule has 0 saturated heterocycles. The number of benzene rings is 1. The van der Waals surface area contributed by atoms with Crippen molar-refractivity contribution in [3.63, 3.8) is 0 Å². The maximum atomic E-state index is 12.5. The largest absolute Gasteiger partial charge is 0.493 e. The number of aromatic amines is 1. The number of ether oxygens (including phenoxy) is 2. The molecular formula is C19H22N4O3. The molecule has 0 spiro atoms.